The van der Waals surface area contributed by atoms with E-state index in [1.807, 2.05) is 19.9 Å². The van der Waals surface area contributed by atoms with E-state index in [2.05, 4.69) is 33.3 Å². The molecule has 2 N–H and O–H groups in total. The Bertz CT molecular complexity index is 678. The van der Waals surface area contributed by atoms with Gasteiger partial charge < -0.3 is 10.3 Å². The largest absolute Gasteiger partial charge is 0.310 e. The third-order valence-corrected chi connectivity index (χ3v) is 3.64. The molecule has 5 nitrogen and oxygen atoms in total. The standard InChI is InChI=1S/C16H22N4O/c1-5-13-7-6-8-17-14(13)9-18-10(2)15-11(3)19-12(4)20-16(15)21/h6-8,10,18H,5,9H2,1-4H3,(H,19,20,21). The molecule has 0 aliphatic heterocycles. The maximum Gasteiger partial charge on any atom is 0.255 e. The van der Waals surface area contributed by atoms with Gasteiger partial charge in [0.1, 0.15) is 5.82 Å². The minimum absolute atomic E-state index is 0.0725. The Morgan fingerprint density at radius 1 is 1.38 bits per heavy atom. The van der Waals surface area contributed by atoms with Crippen molar-refractivity contribution < 1.29 is 0 Å². The summed E-state index contributed by atoms with van der Waals surface area (Å²) >= 11 is 0. The summed E-state index contributed by atoms with van der Waals surface area (Å²) in [6, 6.07) is 3.96. The molecule has 0 aliphatic carbocycles. The first kappa shape index (κ1) is 15.4. The van der Waals surface area contributed by atoms with Crippen LogP contribution in [-0.4, -0.2) is 15.0 Å². The topological polar surface area (TPSA) is 70.7 Å². The molecule has 0 spiro atoms. The van der Waals surface area contributed by atoms with Crippen LogP contribution >= 0.6 is 0 Å². The summed E-state index contributed by atoms with van der Waals surface area (Å²) in [7, 11) is 0. The van der Waals surface area contributed by atoms with Gasteiger partial charge in [0.2, 0.25) is 0 Å². The van der Waals surface area contributed by atoms with Crippen LogP contribution in [0, 0.1) is 13.8 Å². The summed E-state index contributed by atoms with van der Waals surface area (Å²) < 4.78 is 0. The normalized spacial score (nSPS) is 12.4. The molecule has 0 amide bonds. The van der Waals surface area contributed by atoms with E-state index >= 15 is 0 Å². The van der Waals surface area contributed by atoms with Gasteiger partial charge in [-0.15, -0.1) is 0 Å². The molecule has 0 fully saturated rings. The molecule has 5 heteroatoms. The molecule has 112 valence electrons. The lowest BCUT2D eigenvalue weighted by molar-refractivity contribution is 0.554. The number of aryl methyl sites for hydroxylation is 3. The molecule has 0 bridgehead atoms. The summed E-state index contributed by atoms with van der Waals surface area (Å²) in [5.41, 5.74) is 3.64. The van der Waals surface area contributed by atoms with Crippen LogP contribution in [0.1, 0.15) is 48.2 Å². The van der Waals surface area contributed by atoms with Gasteiger partial charge >= 0.3 is 0 Å². The van der Waals surface area contributed by atoms with Crippen molar-refractivity contribution in [1.29, 1.82) is 0 Å². The number of hydrogen-bond donors (Lipinski definition) is 2. The van der Waals surface area contributed by atoms with Crippen molar-refractivity contribution in [3.8, 4) is 0 Å². The average Bonchev–Trinajstić information content (AvgIpc) is 2.44. The zero-order valence-corrected chi connectivity index (χ0v) is 13.0. The van der Waals surface area contributed by atoms with Gasteiger partial charge in [-0.05, 0) is 38.8 Å². The van der Waals surface area contributed by atoms with E-state index in [-0.39, 0.29) is 11.6 Å². The van der Waals surface area contributed by atoms with Crippen LogP contribution < -0.4 is 10.9 Å². The van der Waals surface area contributed by atoms with Gasteiger partial charge in [0.05, 0.1) is 11.3 Å². The summed E-state index contributed by atoms with van der Waals surface area (Å²) in [6.07, 6.45) is 2.75. The second-order valence-electron chi connectivity index (χ2n) is 5.22. The number of pyridine rings is 1. The number of hydrogen-bond acceptors (Lipinski definition) is 4. The van der Waals surface area contributed by atoms with E-state index in [1.54, 1.807) is 13.1 Å². The Morgan fingerprint density at radius 2 is 2.14 bits per heavy atom. The van der Waals surface area contributed by atoms with Crippen molar-refractivity contribution in [2.75, 3.05) is 0 Å². The Labute approximate surface area is 124 Å². The van der Waals surface area contributed by atoms with Gasteiger partial charge in [0, 0.05) is 24.5 Å². The zero-order chi connectivity index (χ0) is 15.4. The zero-order valence-electron chi connectivity index (χ0n) is 13.0. The Hall–Kier alpha value is -2.01. The first-order valence-corrected chi connectivity index (χ1v) is 7.26. The van der Waals surface area contributed by atoms with Crippen LogP contribution in [0.2, 0.25) is 0 Å². The number of H-pyrrole nitrogens is 1. The molecule has 0 saturated heterocycles. The van der Waals surface area contributed by atoms with Gasteiger partial charge in [-0.1, -0.05) is 13.0 Å². The maximum absolute atomic E-state index is 12.1. The van der Waals surface area contributed by atoms with E-state index in [0.29, 0.717) is 17.9 Å². The molecular weight excluding hydrogens is 264 g/mol. The van der Waals surface area contributed by atoms with Crippen molar-refractivity contribution in [2.24, 2.45) is 0 Å². The molecule has 2 aromatic rings. The van der Waals surface area contributed by atoms with E-state index in [0.717, 1.165) is 17.8 Å². The number of nitrogens with one attached hydrogen (secondary N) is 2. The molecule has 0 aliphatic rings. The molecule has 1 atom stereocenters. The molecule has 0 aromatic carbocycles. The van der Waals surface area contributed by atoms with Crippen LogP contribution in [0.5, 0.6) is 0 Å². The van der Waals surface area contributed by atoms with Crippen molar-refractivity contribution in [3.05, 3.63) is 57.0 Å². The van der Waals surface area contributed by atoms with E-state index in [4.69, 9.17) is 0 Å². The lowest BCUT2D eigenvalue weighted by Crippen LogP contribution is -2.28. The third kappa shape index (κ3) is 3.55. The highest BCUT2D eigenvalue weighted by atomic mass is 16.1. The maximum atomic E-state index is 12.1. The number of aromatic amines is 1. The number of aromatic nitrogens is 3. The van der Waals surface area contributed by atoms with Crippen LogP contribution in [0.25, 0.3) is 0 Å². The summed E-state index contributed by atoms with van der Waals surface area (Å²) in [5.74, 6) is 0.645. The van der Waals surface area contributed by atoms with Crippen molar-refractivity contribution >= 4 is 0 Å². The second-order valence-corrected chi connectivity index (χ2v) is 5.22. The summed E-state index contributed by atoms with van der Waals surface area (Å²) in [5, 5.41) is 3.37. The highest BCUT2D eigenvalue weighted by Gasteiger charge is 2.14. The smallest absolute Gasteiger partial charge is 0.255 e. The van der Waals surface area contributed by atoms with Gasteiger partial charge in [0.25, 0.3) is 5.56 Å². The van der Waals surface area contributed by atoms with Gasteiger partial charge in [-0.25, -0.2) is 4.98 Å². The average molecular weight is 286 g/mol. The first-order chi connectivity index (χ1) is 10.0. The van der Waals surface area contributed by atoms with E-state index in [1.165, 1.54) is 5.56 Å². The van der Waals surface area contributed by atoms with E-state index < -0.39 is 0 Å². The second kappa shape index (κ2) is 6.63. The fraction of sp³-hybridized carbons (Fsp3) is 0.438. The Balaban J connectivity index is 2.16. The van der Waals surface area contributed by atoms with Crippen molar-refractivity contribution in [2.45, 2.75) is 46.7 Å². The SMILES string of the molecule is CCc1cccnc1CNC(C)c1c(C)nc(C)[nH]c1=O. The predicted molar refractivity (Wildman–Crippen MR) is 83.2 cm³/mol. The molecular formula is C16H22N4O. The van der Waals surface area contributed by atoms with Crippen LogP contribution in [0.3, 0.4) is 0 Å². The molecule has 0 radical (unpaired) electrons. The monoisotopic (exact) mass is 286 g/mol. The molecule has 2 heterocycles. The predicted octanol–water partition coefficient (Wildman–Crippen LogP) is 2.19. The number of nitrogens with zero attached hydrogens (tertiary/aromatic N) is 2. The quantitative estimate of drug-likeness (QED) is 0.884. The molecule has 1 unspecified atom stereocenters. The Morgan fingerprint density at radius 3 is 2.81 bits per heavy atom. The summed E-state index contributed by atoms with van der Waals surface area (Å²) in [6.45, 7) is 8.38. The van der Waals surface area contributed by atoms with E-state index in [9.17, 15) is 4.79 Å². The van der Waals surface area contributed by atoms with Crippen LogP contribution in [0.15, 0.2) is 23.1 Å². The summed E-state index contributed by atoms with van der Waals surface area (Å²) in [4.78, 5) is 23.6. The lowest BCUT2D eigenvalue weighted by atomic mass is 10.1. The van der Waals surface area contributed by atoms with Gasteiger partial charge in [-0.2, -0.15) is 0 Å². The molecule has 0 saturated carbocycles. The van der Waals surface area contributed by atoms with Crippen molar-refractivity contribution in [3.63, 3.8) is 0 Å². The highest BCUT2D eigenvalue weighted by Crippen LogP contribution is 2.13. The fourth-order valence-electron chi connectivity index (χ4n) is 2.55. The van der Waals surface area contributed by atoms with Gasteiger partial charge in [-0.3, -0.25) is 9.78 Å². The molecule has 21 heavy (non-hydrogen) atoms. The molecule has 2 rings (SSSR count). The Kier molecular flexibility index (Phi) is 4.85. The van der Waals surface area contributed by atoms with Crippen LogP contribution in [-0.2, 0) is 13.0 Å². The first-order valence-electron chi connectivity index (χ1n) is 7.26. The van der Waals surface area contributed by atoms with Crippen LogP contribution in [0.4, 0.5) is 0 Å². The minimum Gasteiger partial charge on any atom is -0.310 e. The third-order valence-electron chi connectivity index (χ3n) is 3.64. The highest BCUT2D eigenvalue weighted by molar-refractivity contribution is 5.22. The number of rotatable bonds is 5. The molecule has 2 aromatic heterocycles. The lowest BCUT2D eigenvalue weighted by Gasteiger charge is -2.16. The van der Waals surface area contributed by atoms with Crippen molar-refractivity contribution in [1.82, 2.24) is 20.3 Å². The van der Waals surface area contributed by atoms with Gasteiger partial charge in [0.15, 0.2) is 0 Å². The fourth-order valence-corrected chi connectivity index (χ4v) is 2.55. The minimum atomic E-state index is -0.0754.